The second kappa shape index (κ2) is 6.23. The molecule has 0 radical (unpaired) electrons. The summed E-state index contributed by atoms with van der Waals surface area (Å²) in [5.74, 6) is 1.35. The van der Waals surface area contributed by atoms with Crippen molar-refractivity contribution in [2.75, 3.05) is 19.0 Å². The molecule has 1 aliphatic rings. The molecule has 2 rings (SSSR count). The number of anilines is 1. The number of ether oxygens (including phenoxy) is 1. The molecular weight excluding hydrogens is 214 g/mol. The maximum absolute atomic E-state index is 5.01. The van der Waals surface area contributed by atoms with Gasteiger partial charge in [0.15, 0.2) is 5.75 Å². The first-order valence-corrected chi connectivity index (χ1v) is 6.16. The molecule has 17 heavy (non-hydrogen) atoms. The standard InChI is InChI=1S/C13H19N3O/c1-17-12-9-15-13(16-10-12)14-8-7-11-5-3-2-4-6-11/h5,9-10H,2-4,6-8H2,1H3,(H,14,15,16). The second-order valence-corrected chi connectivity index (χ2v) is 4.23. The highest BCUT2D eigenvalue weighted by atomic mass is 16.5. The zero-order valence-corrected chi connectivity index (χ0v) is 10.3. The first kappa shape index (κ1) is 11.9. The second-order valence-electron chi connectivity index (χ2n) is 4.23. The van der Waals surface area contributed by atoms with Crippen molar-refractivity contribution in [3.8, 4) is 5.75 Å². The van der Waals surface area contributed by atoms with Crippen molar-refractivity contribution in [3.63, 3.8) is 0 Å². The molecule has 0 atom stereocenters. The zero-order chi connectivity index (χ0) is 11.9. The SMILES string of the molecule is COc1cnc(NCCC2=CCCCC2)nc1. The molecule has 0 unspecified atom stereocenters. The minimum absolute atomic E-state index is 0.669. The number of rotatable bonds is 5. The van der Waals surface area contributed by atoms with E-state index in [1.54, 1.807) is 25.1 Å². The van der Waals surface area contributed by atoms with Gasteiger partial charge < -0.3 is 10.1 Å². The third kappa shape index (κ3) is 3.73. The van der Waals surface area contributed by atoms with Gasteiger partial charge in [0.1, 0.15) is 0 Å². The van der Waals surface area contributed by atoms with Crippen molar-refractivity contribution in [2.45, 2.75) is 32.1 Å². The van der Waals surface area contributed by atoms with Crippen LogP contribution in [-0.4, -0.2) is 23.6 Å². The van der Waals surface area contributed by atoms with E-state index >= 15 is 0 Å². The molecule has 0 bridgehead atoms. The summed E-state index contributed by atoms with van der Waals surface area (Å²) in [6.07, 6.45) is 12.0. The molecule has 0 saturated carbocycles. The molecule has 1 aromatic rings. The van der Waals surface area contributed by atoms with Crippen molar-refractivity contribution in [1.29, 1.82) is 0 Å². The third-order valence-corrected chi connectivity index (χ3v) is 2.98. The fourth-order valence-corrected chi connectivity index (χ4v) is 1.98. The number of nitrogens with zero attached hydrogens (tertiary/aromatic N) is 2. The smallest absolute Gasteiger partial charge is 0.222 e. The van der Waals surface area contributed by atoms with Crippen LogP contribution < -0.4 is 10.1 Å². The summed E-state index contributed by atoms with van der Waals surface area (Å²) in [4.78, 5) is 8.33. The van der Waals surface area contributed by atoms with Gasteiger partial charge in [-0.25, -0.2) is 9.97 Å². The molecule has 1 N–H and O–H groups in total. The lowest BCUT2D eigenvalue weighted by Gasteiger charge is -2.12. The molecule has 0 fully saturated rings. The van der Waals surface area contributed by atoms with Crippen LogP contribution in [0.2, 0.25) is 0 Å². The van der Waals surface area contributed by atoms with E-state index in [2.05, 4.69) is 21.4 Å². The van der Waals surface area contributed by atoms with Gasteiger partial charge >= 0.3 is 0 Å². The van der Waals surface area contributed by atoms with Crippen molar-refractivity contribution in [2.24, 2.45) is 0 Å². The highest BCUT2D eigenvalue weighted by Gasteiger charge is 2.03. The fraction of sp³-hybridized carbons (Fsp3) is 0.538. The molecule has 0 aromatic carbocycles. The van der Waals surface area contributed by atoms with Crippen molar-refractivity contribution < 1.29 is 4.74 Å². The Morgan fingerprint density at radius 1 is 1.29 bits per heavy atom. The topological polar surface area (TPSA) is 47.0 Å². The molecule has 4 heteroatoms. The number of allylic oxidation sites excluding steroid dienone is 1. The van der Waals surface area contributed by atoms with Gasteiger partial charge in [0.25, 0.3) is 0 Å². The fourth-order valence-electron chi connectivity index (χ4n) is 1.98. The Morgan fingerprint density at radius 3 is 2.76 bits per heavy atom. The molecule has 1 heterocycles. The number of hydrogen-bond donors (Lipinski definition) is 1. The van der Waals surface area contributed by atoms with E-state index in [-0.39, 0.29) is 0 Å². The van der Waals surface area contributed by atoms with Crippen molar-refractivity contribution in [3.05, 3.63) is 24.0 Å². The Kier molecular flexibility index (Phi) is 4.36. The molecular formula is C13H19N3O. The number of aromatic nitrogens is 2. The van der Waals surface area contributed by atoms with E-state index < -0.39 is 0 Å². The Morgan fingerprint density at radius 2 is 2.12 bits per heavy atom. The summed E-state index contributed by atoms with van der Waals surface area (Å²) < 4.78 is 5.01. The first-order chi connectivity index (χ1) is 8.38. The van der Waals surface area contributed by atoms with Crippen LogP contribution in [0.15, 0.2) is 24.0 Å². The van der Waals surface area contributed by atoms with E-state index in [9.17, 15) is 0 Å². The van der Waals surface area contributed by atoms with Gasteiger partial charge in [-0.05, 0) is 32.1 Å². The Balaban J connectivity index is 1.75. The summed E-state index contributed by atoms with van der Waals surface area (Å²) in [5.41, 5.74) is 1.57. The predicted molar refractivity (Wildman–Crippen MR) is 68.2 cm³/mol. The van der Waals surface area contributed by atoms with Crippen LogP contribution in [0.1, 0.15) is 32.1 Å². The van der Waals surface area contributed by atoms with E-state index in [4.69, 9.17) is 4.74 Å². The van der Waals surface area contributed by atoms with Crippen LogP contribution in [0.3, 0.4) is 0 Å². The normalized spacial score (nSPS) is 15.2. The maximum atomic E-state index is 5.01. The monoisotopic (exact) mass is 233 g/mol. The van der Waals surface area contributed by atoms with E-state index in [0.29, 0.717) is 11.7 Å². The summed E-state index contributed by atoms with van der Waals surface area (Å²) in [6.45, 7) is 0.901. The van der Waals surface area contributed by atoms with Crippen molar-refractivity contribution >= 4 is 5.95 Å². The zero-order valence-electron chi connectivity index (χ0n) is 10.3. The van der Waals surface area contributed by atoms with Gasteiger partial charge in [0.2, 0.25) is 5.95 Å². The van der Waals surface area contributed by atoms with Gasteiger partial charge in [0, 0.05) is 6.54 Å². The largest absolute Gasteiger partial charge is 0.494 e. The lowest BCUT2D eigenvalue weighted by Crippen LogP contribution is -2.07. The van der Waals surface area contributed by atoms with Crippen LogP contribution in [-0.2, 0) is 0 Å². The number of methoxy groups -OCH3 is 1. The highest BCUT2D eigenvalue weighted by Crippen LogP contribution is 2.19. The predicted octanol–water partition coefficient (Wildman–Crippen LogP) is 2.79. The molecule has 4 nitrogen and oxygen atoms in total. The summed E-state index contributed by atoms with van der Waals surface area (Å²) in [5, 5.41) is 3.22. The number of hydrogen-bond acceptors (Lipinski definition) is 4. The Bertz CT molecular complexity index is 373. The van der Waals surface area contributed by atoms with Gasteiger partial charge in [0.05, 0.1) is 19.5 Å². The Hall–Kier alpha value is -1.58. The molecule has 0 saturated heterocycles. The molecule has 1 aliphatic carbocycles. The molecule has 0 aliphatic heterocycles. The molecule has 1 aromatic heterocycles. The molecule has 92 valence electrons. The van der Waals surface area contributed by atoms with E-state index in [0.717, 1.165) is 13.0 Å². The number of nitrogens with one attached hydrogen (secondary N) is 1. The summed E-state index contributed by atoms with van der Waals surface area (Å²) >= 11 is 0. The van der Waals surface area contributed by atoms with Gasteiger partial charge in [-0.3, -0.25) is 0 Å². The van der Waals surface area contributed by atoms with Gasteiger partial charge in [-0.1, -0.05) is 11.6 Å². The average molecular weight is 233 g/mol. The quantitative estimate of drug-likeness (QED) is 0.794. The first-order valence-electron chi connectivity index (χ1n) is 6.16. The molecule has 0 spiro atoms. The van der Waals surface area contributed by atoms with Crippen LogP contribution >= 0.6 is 0 Å². The Labute approximate surface area is 102 Å². The van der Waals surface area contributed by atoms with Crippen LogP contribution in [0.25, 0.3) is 0 Å². The van der Waals surface area contributed by atoms with Gasteiger partial charge in [-0.15, -0.1) is 0 Å². The van der Waals surface area contributed by atoms with E-state index in [1.807, 2.05) is 0 Å². The summed E-state index contributed by atoms with van der Waals surface area (Å²) in [7, 11) is 1.61. The highest BCUT2D eigenvalue weighted by molar-refractivity contribution is 5.27. The van der Waals surface area contributed by atoms with Crippen LogP contribution in [0.4, 0.5) is 5.95 Å². The minimum Gasteiger partial charge on any atom is -0.494 e. The lowest BCUT2D eigenvalue weighted by molar-refractivity contribution is 0.411. The molecule has 0 amide bonds. The maximum Gasteiger partial charge on any atom is 0.222 e. The third-order valence-electron chi connectivity index (χ3n) is 2.98. The van der Waals surface area contributed by atoms with Crippen LogP contribution in [0.5, 0.6) is 5.75 Å². The lowest BCUT2D eigenvalue weighted by atomic mass is 9.97. The van der Waals surface area contributed by atoms with Gasteiger partial charge in [-0.2, -0.15) is 0 Å². The van der Waals surface area contributed by atoms with E-state index in [1.165, 1.54) is 25.7 Å². The average Bonchev–Trinajstić information content (AvgIpc) is 2.41. The van der Waals surface area contributed by atoms with Crippen LogP contribution in [0, 0.1) is 0 Å². The summed E-state index contributed by atoms with van der Waals surface area (Å²) in [6, 6.07) is 0. The van der Waals surface area contributed by atoms with Crippen molar-refractivity contribution in [1.82, 2.24) is 9.97 Å². The minimum atomic E-state index is 0.669.